The van der Waals surface area contributed by atoms with Crippen molar-refractivity contribution in [1.29, 1.82) is 0 Å². The molecule has 234 valence electrons. The second-order valence-corrected chi connectivity index (χ2v) is 12.6. The van der Waals surface area contributed by atoms with Crippen LogP contribution in [0.25, 0.3) is 11.2 Å². The van der Waals surface area contributed by atoms with Crippen LogP contribution in [0.15, 0.2) is 41.5 Å². The zero-order valence-corrected chi connectivity index (χ0v) is 24.4. The minimum Gasteiger partial charge on any atom is -0.461 e. The number of aliphatic hydroxyl groups is 2. The van der Waals surface area contributed by atoms with Gasteiger partial charge in [-0.1, -0.05) is 24.6 Å². The smallest absolute Gasteiger partial charge is 0.459 e. The van der Waals surface area contributed by atoms with Gasteiger partial charge in [-0.15, -0.1) is 0 Å². The molecule has 1 aromatic carbocycles. The van der Waals surface area contributed by atoms with Gasteiger partial charge in [0.2, 0.25) is 5.95 Å². The minimum atomic E-state index is -4.56. The first kappa shape index (κ1) is 31.0. The molecule has 43 heavy (non-hydrogen) atoms. The predicted octanol–water partition coefficient (Wildman–Crippen LogP) is 2.07. The van der Waals surface area contributed by atoms with Crippen molar-refractivity contribution < 1.29 is 42.5 Å². The lowest BCUT2D eigenvalue weighted by Gasteiger charge is -2.29. The van der Waals surface area contributed by atoms with Crippen molar-refractivity contribution in [3.8, 4) is 5.75 Å². The van der Waals surface area contributed by atoms with Crippen molar-refractivity contribution in [3.63, 3.8) is 0 Å². The highest BCUT2D eigenvalue weighted by atomic mass is 31.2. The number of halogens is 1. The average Bonchev–Trinajstić information content (AvgIpc) is 3.46. The van der Waals surface area contributed by atoms with Gasteiger partial charge in [0.25, 0.3) is 11.4 Å². The first-order valence-electron chi connectivity index (χ1n) is 13.8. The highest BCUT2D eigenvalue weighted by molar-refractivity contribution is 7.52. The van der Waals surface area contributed by atoms with Crippen molar-refractivity contribution >= 4 is 30.8 Å². The topological polar surface area (TPSA) is 213 Å². The molecule has 0 radical (unpaired) electrons. The number of imidazole rings is 1. The van der Waals surface area contributed by atoms with Crippen molar-refractivity contribution in [2.45, 2.75) is 81.9 Å². The zero-order chi connectivity index (χ0) is 31.0. The summed E-state index contributed by atoms with van der Waals surface area (Å²) in [5, 5.41) is 24.5. The third-order valence-electron chi connectivity index (χ3n) is 7.41. The molecule has 2 aliphatic rings. The van der Waals surface area contributed by atoms with Gasteiger partial charge in [0.15, 0.2) is 17.4 Å². The molecule has 1 aliphatic carbocycles. The quantitative estimate of drug-likeness (QED) is 0.162. The number of aromatic amines is 1. The van der Waals surface area contributed by atoms with E-state index in [1.165, 1.54) is 19.1 Å². The maximum Gasteiger partial charge on any atom is 0.459 e. The van der Waals surface area contributed by atoms with E-state index in [0.29, 0.717) is 0 Å². The molecule has 1 aliphatic heterocycles. The summed E-state index contributed by atoms with van der Waals surface area (Å²) in [5.41, 5.74) is 2.30. The monoisotopic (exact) mass is 624 g/mol. The SMILES string of the molecule is C[C@H](NP(=O)(OC[C@@]1(F)OC(n2cnc3c(=O)[nH]c(N)nc32)[C@](C)(O)[C@@H]1O)Oc1ccccc1)C(=O)OC1CCCCC1. The Morgan fingerprint density at radius 2 is 2.02 bits per heavy atom. The number of nitrogens with two attached hydrogens (primary N) is 1. The van der Waals surface area contributed by atoms with Crippen molar-refractivity contribution in [2.75, 3.05) is 12.3 Å². The van der Waals surface area contributed by atoms with Gasteiger partial charge in [0, 0.05) is 0 Å². The molecular weight excluding hydrogens is 590 g/mol. The van der Waals surface area contributed by atoms with Crippen LogP contribution in [0.1, 0.15) is 52.2 Å². The number of aliphatic hydroxyl groups excluding tert-OH is 1. The Balaban J connectivity index is 1.36. The summed E-state index contributed by atoms with van der Waals surface area (Å²) in [7, 11) is -4.56. The molecule has 2 aromatic heterocycles. The van der Waals surface area contributed by atoms with E-state index in [1.807, 2.05) is 0 Å². The highest BCUT2D eigenvalue weighted by Gasteiger charge is 2.64. The van der Waals surface area contributed by atoms with Crippen LogP contribution in [0.2, 0.25) is 0 Å². The largest absolute Gasteiger partial charge is 0.461 e. The fraction of sp³-hybridized carbons (Fsp3) is 0.538. The molecule has 2 unspecified atom stereocenters. The van der Waals surface area contributed by atoms with Crippen molar-refractivity contribution in [2.24, 2.45) is 0 Å². The number of anilines is 1. The number of hydrogen-bond donors (Lipinski definition) is 5. The average molecular weight is 625 g/mol. The van der Waals surface area contributed by atoms with Crippen LogP contribution < -0.4 is 20.9 Å². The fourth-order valence-electron chi connectivity index (χ4n) is 5.13. The molecule has 1 saturated heterocycles. The molecule has 3 heterocycles. The minimum absolute atomic E-state index is 0.0793. The number of fused-ring (bicyclic) bond motifs is 1. The Kier molecular flexibility index (Phi) is 8.62. The summed E-state index contributed by atoms with van der Waals surface area (Å²) in [6, 6.07) is 6.65. The molecular formula is C26H34FN6O9P. The molecule has 1 saturated carbocycles. The van der Waals surface area contributed by atoms with Crippen molar-refractivity contribution in [1.82, 2.24) is 24.6 Å². The lowest BCUT2D eigenvalue weighted by molar-refractivity contribution is -0.202. The molecule has 17 heteroatoms. The second-order valence-electron chi connectivity index (χ2n) is 10.9. The van der Waals surface area contributed by atoms with Crippen LogP contribution >= 0.6 is 7.75 Å². The highest BCUT2D eigenvalue weighted by Crippen LogP contribution is 2.50. The summed E-state index contributed by atoms with van der Waals surface area (Å²) in [6.45, 7) is 1.27. The van der Waals surface area contributed by atoms with Gasteiger partial charge in [0.05, 0.1) is 6.33 Å². The lowest BCUT2D eigenvalue weighted by atomic mass is 9.95. The van der Waals surface area contributed by atoms with E-state index in [9.17, 15) is 24.4 Å². The normalized spacial score (nSPS) is 28.4. The maximum absolute atomic E-state index is 16.3. The van der Waals surface area contributed by atoms with Crippen molar-refractivity contribution in [3.05, 3.63) is 47.0 Å². The first-order valence-corrected chi connectivity index (χ1v) is 15.3. The second kappa shape index (κ2) is 11.9. The summed E-state index contributed by atoms with van der Waals surface area (Å²) >= 11 is 0. The number of carbonyl (C=O) groups excluding carboxylic acids is 1. The van der Waals surface area contributed by atoms with E-state index >= 15 is 4.39 Å². The number of aromatic nitrogens is 4. The number of alkyl halides is 1. The number of carbonyl (C=O) groups is 1. The molecule has 2 fully saturated rings. The van der Waals surface area contributed by atoms with Crippen LogP contribution in [-0.4, -0.2) is 72.0 Å². The van der Waals surface area contributed by atoms with Gasteiger partial charge in [-0.3, -0.25) is 23.7 Å². The molecule has 5 rings (SSSR count). The van der Waals surface area contributed by atoms with Gasteiger partial charge in [-0.2, -0.15) is 10.1 Å². The Morgan fingerprint density at radius 3 is 2.72 bits per heavy atom. The molecule has 0 amide bonds. The zero-order valence-electron chi connectivity index (χ0n) is 23.5. The van der Waals surface area contributed by atoms with Gasteiger partial charge in [0.1, 0.15) is 36.2 Å². The number of nitrogen functional groups attached to an aromatic ring is 1. The van der Waals surface area contributed by atoms with Gasteiger partial charge in [-0.05, 0) is 51.7 Å². The predicted molar refractivity (Wildman–Crippen MR) is 149 cm³/mol. The third kappa shape index (κ3) is 6.44. The van der Waals surface area contributed by atoms with E-state index in [0.717, 1.165) is 49.9 Å². The van der Waals surface area contributed by atoms with Crippen LogP contribution in [0.4, 0.5) is 10.3 Å². The van der Waals surface area contributed by atoms with Gasteiger partial charge in [-0.25, -0.2) is 13.9 Å². The van der Waals surface area contributed by atoms with E-state index in [1.54, 1.807) is 18.2 Å². The van der Waals surface area contributed by atoms with Crippen LogP contribution in [0, 0.1) is 0 Å². The molecule has 0 bridgehead atoms. The van der Waals surface area contributed by atoms with E-state index in [-0.39, 0.29) is 29.0 Å². The Labute approximate surface area is 245 Å². The van der Waals surface area contributed by atoms with E-state index < -0.39 is 55.7 Å². The first-order chi connectivity index (χ1) is 20.3. The molecule has 3 aromatic rings. The van der Waals surface area contributed by atoms with E-state index in [2.05, 4.69) is 20.0 Å². The maximum atomic E-state index is 16.3. The summed E-state index contributed by atoms with van der Waals surface area (Å²) in [4.78, 5) is 35.2. The Bertz CT molecular complexity index is 1560. The molecule has 6 atom stereocenters. The number of nitrogens with one attached hydrogen (secondary N) is 2. The fourth-order valence-corrected chi connectivity index (χ4v) is 6.63. The Hall–Kier alpha value is -3.40. The number of nitrogens with zero attached hydrogens (tertiary/aromatic N) is 3. The molecule has 0 spiro atoms. The van der Waals surface area contributed by atoms with Crippen LogP contribution in [0.3, 0.4) is 0 Å². The van der Waals surface area contributed by atoms with E-state index in [4.69, 9.17) is 24.3 Å². The lowest BCUT2D eigenvalue weighted by Crippen LogP contribution is -2.49. The number of ether oxygens (including phenoxy) is 2. The number of esters is 1. The molecule has 6 N–H and O–H groups in total. The van der Waals surface area contributed by atoms with Gasteiger partial charge >= 0.3 is 13.7 Å². The number of hydrogen-bond acceptors (Lipinski definition) is 12. The number of para-hydroxylation sites is 1. The summed E-state index contributed by atoms with van der Waals surface area (Å²) < 4.78 is 53.2. The van der Waals surface area contributed by atoms with Crippen LogP contribution in [-0.2, 0) is 23.4 Å². The number of H-pyrrole nitrogens is 1. The van der Waals surface area contributed by atoms with Crippen LogP contribution in [0.5, 0.6) is 5.75 Å². The standard InChI is InChI=1S/C26H34FN6O9P/c1-15(21(35)40-16-9-5-3-6-10-16)32-43(38,42-17-11-7-4-8-12-17)39-13-26(27)22(36)25(2,37)23(41-26)33-14-29-18-19(33)30-24(28)31-20(18)34/h4,7-8,11-12,14-16,22-23,36-37H,3,5-6,9-10,13H2,1-2H3,(H,32,38)(H3,28,30,31,34)/t15-,22-,23?,25+,26+,43?/m0/s1. The Morgan fingerprint density at radius 1 is 1.33 bits per heavy atom. The molecule has 15 nitrogen and oxygen atoms in total. The number of rotatable bonds is 10. The number of benzene rings is 1. The summed E-state index contributed by atoms with van der Waals surface area (Å²) in [6.07, 6.45) is 1.21. The summed E-state index contributed by atoms with van der Waals surface area (Å²) in [5.74, 6) is -4.05. The third-order valence-corrected chi connectivity index (χ3v) is 9.04. The van der Waals surface area contributed by atoms with Gasteiger partial charge < -0.3 is 29.9 Å².